The van der Waals surface area contributed by atoms with Gasteiger partial charge in [-0.3, -0.25) is 0 Å². The van der Waals surface area contributed by atoms with E-state index in [2.05, 4.69) is 15.1 Å². The molecular formula is C6H7N5S2. The number of hydrogen-bond donors (Lipinski definition) is 1. The third-order valence-corrected chi connectivity index (χ3v) is 3.30. The van der Waals surface area contributed by atoms with E-state index in [4.69, 9.17) is 5.73 Å². The van der Waals surface area contributed by atoms with Crippen LogP contribution in [0.25, 0.3) is 0 Å². The molecule has 0 saturated carbocycles. The van der Waals surface area contributed by atoms with Gasteiger partial charge in [-0.05, 0) is 11.8 Å². The zero-order valence-electron chi connectivity index (χ0n) is 6.84. The molecule has 0 atom stereocenters. The Labute approximate surface area is 83.0 Å². The summed E-state index contributed by atoms with van der Waals surface area (Å²) in [7, 11) is 1.84. The average molecular weight is 213 g/mol. The normalized spacial score (nSPS) is 10.5. The van der Waals surface area contributed by atoms with Gasteiger partial charge in [-0.25, -0.2) is 14.6 Å². The molecule has 0 unspecified atom stereocenters. The Morgan fingerprint density at radius 2 is 2.38 bits per heavy atom. The quantitative estimate of drug-likeness (QED) is 0.806. The van der Waals surface area contributed by atoms with Gasteiger partial charge in [0.1, 0.15) is 11.3 Å². The Hall–Kier alpha value is -1.08. The third-order valence-electron chi connectivity index (χ3n) is 1.35. The molecule has 0 aliphatic carbocycles. The van der Waals surface area contributed by atoms with E-state index < -0.39 is 0 Å². The molecule has 0 fully saturated rings. The van der Waals surface area contributed by atoms with E-state index in [-0.39, 0.29) is 0 Å². The van der Waals surface area contributed by atoms with E-state index in [1.165, 1.54) is 29.4 Å². The molecular weight excluding hydrogens is 206 g/mol. The van der Waals surface area contributed by atoms with Gasteiger partial charge >= 0.3 is 0 Å². The Bertz CT molecular complexity index is 407. The molecule has 0 aliphatic heterocycles. The van der Waals surface area contributed by atoms with E-state index in [0.717, 1.165) is 9.50 Å². The molecule has 0 bridgehead atoms. The molecule has 0 aliphatic rings. The molecule has 0 aromatic carbocycles. The van der Waals surface area contributed by atoms with Crippen LogP contribution in [0.4, 0.5) is 5.00 Å². The predicted octanol–water partition coefficient (Wildman–Crippen LogP) is 1.01. The second-order valence-electron chi connectivity index (χ2n) is 2.30. The number of rotatable bonds is 2. The van der Waals surface area contributed by atoms with Crippen molar-refractivity contribution in [3.05, 3.63) is 12.5 Å². The molecule has 0 spiro atoms. The van der Waals surface area contributed by atoms with Crippen molar-refractivity contribution >= 4 is 28.1 Å². The third kappa shape index (κ3) is 1.81. The van der Waals surface area contributed by atoms with Crippen molar-refractivity contribution in [2.75, 3.05) is 5.73 Å². The first-order chi connectivity index (χ1) is 6.25. The zero-order chi connectivity index (χ0) is 9.26. The van der Waals surface area contributed by atoms with Crippen molar-refractivity contribution in [2.45, 2.75) is 9.50 Å². The maximum absolute atomic E-state index is 5.55. The highest BCUT2D eigenvalue weighted by Gasteiger charge is 2.06. The Morgan fingerprint density at radius 3 is 2.92 bits per heavy atom. The number of aromatic nitrogens is 4. The molecule has 13 heavy (non-hydrogen) atoms. The molecule has 0 radical (unpaired) electrons. The van der Waals surface area contributed by atoms with Crippen LogP contribution in [0.2, 0.25) is 0 Å². The van der Waals surface area contributed by atoms with Crippen molar-refractivity contribution in [2.24, 2.45) is 7.05 Å². The molecule has 2 heterocycles. The first-order valence-corrected chi connectivity index (χ1v) is 5.12. The smallest absolute Gasteiger partial charge is 0.192 e. The van der Waals surface area contributed by atoms with Crippen LogP contribution >= 0.6 is 23.1 Å². The van der Waals surface area contributed by atoms with E-state index >= 15 is 0 Å². The predicted molar refractivity (Wildman–Crippen MR) is 51.7 cm³/mol. The monoisotopic (exact) mass is 213 g/mol. The Morgan fingerprint density at radius 1 is 1.54 bits per heavy atom. The van der Waals surface area contributed by atoms with Gasteiger partial charge in [0.25, 0.3) is 0 Å². The van der Waals surface area contributed by atoms with Crippen LogP contribution in [0, 0.1) is 0 Å². The topological polar surface area (TPSA) is 69.6 Å². The number of nitrogen functional groups attached to an aromatic ring is 1. The highest BCUT2D eigenvalue weighted by molar-refractivity contribution is 8.00. The van der Waals surface area contributed by atoms with Crippen LogP contribution in [0.5, 0.6) is 0 Å². The molecule has 2 aromatic rings. The maximum Gasteiger partial charge on any atom is 0.192 e. The highest BCUT2D eigenvalue weighted by Crippen LogP contribution is 2.29. The molecule has 68 valence electrons. The summed E-state index contributed by atoms with van der Waals surface area (Å²) in [5.74, 6) is 0. The van der Waals surface area contributed by atoms with Gasteiger partial charge < -0.3 is 5.73 Å². The van der Waals surface area contributed by atoms with Crippen molar-refractivity contribution in [1.29, 1.82) is 0 Å². The van der Waals surface area contributed by atoms with Crippen molar-refractivity contribution in [3.8, 4) is 0 Å². The first kappa shape index (κ1) is 8.52. The van der Waals surface area contributed by atoms with Crippen molar-refractivity contribution < 1.29 is 0 Å². The molecule has 7 heteroatoms. The summed E-state index contributed by atoms with van der Waals surface area (Å²) in [6.45, 7) is 0. The number of aryl methyl sites for hydroxylation is 1. The van der Waals surface area contributed by atoms with Gasteiger partial charge in [-0.15, -0.1) is 0 Å². The van der Waals surface area contributed by atoms with Crippen molar-refractivity contribution in [3.63, 3.8) is 0 Å². The van der Waals surface area contributed by atoms with Crippen LogP contribution in [-0.4, -0.2) is 19.7 Å². The van der Waals surface area contributed by atoms with Crippen molar-refractivity contribution in [1.82, 2.24) is 19.7 Å². The minimum atomic E-state index is 0.713. The minimum absolute atomic E-state index is 0.713. The molecule has 2 rings (SSSR count). The number of nitrogens with two attached hydrogens (primary N) is 1. The first-order valence-electron chi connectivity index (χ1n) is 3.49. The van der Waals surface area contributed by atoms with Gasteiger partial charge in [0.05, 0.1) is 6.20 Å². The fourth-order valence-electron chi connectivity index (χ4n) is 0.773. The molecule has 0 amide bonds. The van der Waals surface area contributed by atoms with Crippen LogP contribution in [-0.2, 0) is 7.05 Å². The summed E-state index contributed by atoms with van der Waals surface area (Å²) >= 11 is 2.90. The standard InChI is InChI=1S/C6H7N5S2/c1-11-5(9-3-10-11)13-6-8-2-4(7)12-6/h2-3H,7H2,1H3. The second-order valence-corrected chi connectivity index (χ2v) is 4.57. The minimum Gasteiger partial charge on any atom is -0.389 e. The largest absolute Gasteiger partial charge is 0.389 e. The summed E-state index contributed by atoms with van der Waals surface area (Å²) in [6.07, 6.45) is 3.16. The lowest BCUT2D eigenvalue weighted by molar-refractivity contribution is 0.685. The Balaban J connectivity index is 2.19. The summed E-state index contributed by atoms with van der Waals surface area (Å²) < 4.78 is 2.58. The van der Waals surface area contributed by atoms with Gasteiger partial charge in [-0.1, -0.05) is 11.3 Å². The number of hydrogen-bond acceptors (Lipinski definition) is 6. The molecule has 0 saturated heterocycles. The number of thiazole rings is 1. The lowest BCUT2D eigenvalue weighted by atomic mass is 10.9. The van der Waals surface area contributed by atoms with Crippen LogP contribution < -0.4 is 5.73 Å². The van der Waals surface area contributed by atoms with E-state index in [0.29, 0.717) is 5.00 Å². The van der Waals surface area contributed by atoms with Crippen LogP contribution in [0.15, 0.2) is 22.0 Å². The van der Waals surface area contributed by atoms with E-state index in [1.807, 2.05) is 7.05 Å². The maximum atomic E-state index is 5.55. The summed E-state index contributed by atoms with van der Waals surface area (Å²) in [4.78, 5) is 8.17. The number of nitrogens with zero attached hydrogens (tertiary/aromatic N) is 4. The fraction of sp³-hybridized carbons (Fsp3) is 0.167. The SMILES string of the molecule is Cn1ncnc1Sc1ncc(N)s1. The van der Waals surface area contributed by atoms with Gasteiger partial charge in [-0.2, -0.15) is 5.10 Å². The van der Waals surface area contributed by atoms with E-state index in [1.54, 1.807) is 10.9 Å². The van der Waals surface area contributed by atoms with Gasteiger partial charge in [0.2, 0.25) is 0 Å². The number of anilines is 1. The van der Waals surface area contributed by atoms with E-state index in [9.17, 15) is 0 Å². The lowest BCUT2D eigenvalue weighted by Gasteiger charge is -1.94. The summed E-state index contributed by atoms with van der Waals surface area (Å²) in [6, 6.07) is 0. The fourth-order valence-corrected chi connectivity index (χ4v) is 2.41. The Kier molecular flexibility index (Phi) is 2.19. The van der Waals surface area contributed by atoms with Crippen LogP contribution in [0.1, 0.15) is 0 Å². The van der Waals surface area contributed by atoms with Gasteiger partial charge in [0, 0.05) is 7.05 Å². The van der Waals surface area contributed by atoms with Crippen LogP contribution in [0.3, 0.4) is 0 Å². The summed E-state index contributed by atoms with van der Waals surface area (Å²) in [5, 5.41) is 5.48. The highest BCUT2D eigenvalue weighted by atomic mass is 32.2. The zero-order valence-corrected chi connectivity index (χ0v) is 8.47. The lowest BCUT2D eigenvalue weighted by Crippen LogP contribution is -1.91. The molecule has 2 N–H and O–H groups in total. The molecule has 2 aromatic heterocycles. The summed E-state index contributed by atoms with van der Waals surface area (Å²) in [5.41, 5.74) is 5.55. The van der Waals surface area contributed by atoms with Gasteiger partial charge in [0.15, 0.2) is 9.50 Å². The average Bonchev–Trinajstić information content (AvgIpc) is 2.64. The second kappa shape index (κ2) is 3.35. The molecule has 5 nitrogen and oxygen atoms in total.